The summed E-state index contributed by atoms with van der Waals surface area (Å²) in [7, 11) is 0. The van der Waals surface area contributed by atoms with E-state index in [4.69, 9.17) is 4.74 Å². The Bertz CT molecular complexity index is 385. The number of hydrogen-bond donors (Lipinski definition) is 1. The van der Waals surface area contributed by atoms with Crippen LogP contribution in [0.4, 0.5) is 8.78 Å². The van der Waals surface area contributed by atoms with Crippen molar-refractivity contribution in [3.8, 4) is 0 Å². The fourth-order valence-corrected chi connectivity index (χ4v) is 2.69. The molecule has 0 amide bonds. The molecular weight excluding hydrogens is 248 g/mol. The van der Waals surface area contributed by atoms with Crippen molar-refractivity contribution in [2.45, 2.75) is 44.8 Å². The Morgan fingerprint density at radius 1 is 1.32 bits per heavy atom. The molecule has 0 saturated carbocycles. The molecule has 1 aromatic rings. The summed E-state index contributed by atoms with van der Waals surface area (Å²) in [6.07, 6.45) is 3.99. The summed E-state index contributed by atoms with van der Waals surface area (Å²) in [5, 5.41) is 3.37. The molecule has 2 nitrogen and oxygen atoms in total. The highest BCUT2D eigenvalue weighted by Gasteiger charge is 2.20. The second-order valence-electron chi connectivity index (χ2n) is 5.11. The Hall–Kier alpha value is -1.00. The van der Waals surface area contributed by atoms with E-state index in [2.05, 4.69) is 5.32 Å². The van der Waals surface area contributed by atoms with Crippen molar-refractivity contribution < 1.29 is 13.5 Å². The van der Waals surface area contributed by atoms with Crippen molar-refractivity contribution in [2.75, 3.05) is 13.2 Å². The number of hydrogen-bond acceptors (Lipinski definition) is 2. The van der Waals surface area contributed by atoms with E-state index in [9.17, 15) is 8.78 Å². The molecule has 1 N–H and O–H groups in total. The van der Waals surface area contributed by atoms with E-state index in [1.54, 1.807) is 0 Å². The number of likely N-dealkylation sites (N-methyl/N-ethyl adjacent to an activating group) is 1. The van der Waals surface area contributed by atoms with E-state index in [0.717, 1.165) is 38.5 Å². The quantitative estimate of drug-likeness (QED) is 0.857. The third-order valence-corrected chi connectivity index (χ3v) is 3.47. The molecule has 1 aromatic carbocycles. The molecule has 1 heterocycles. The molecular formula is C15H21F2NO. The standard InChI is InChI=1S/C15H21F2NO/c1-2-18-14(10-15-4-3-5-19-15)8-11-6-12(16)9-13(17)7-11/h6-7,9,14-15,18H,2-5,8,10H2,1H3. The van der Waals surface area contributed by atoms with Gasteiger partial charge in [-0.2, -0.15) is 0 Å². The van der Waals surface area contributed by atoms with Gasteiger partial charge < -0.3 is 10.1 Å². The molecule has 0 spiro atoms. The molecule has 1 fully saturated rings. The van der Waals surface area contributed by atoms with Crippen LogP contribution in [0.25, 0.3) is 0 Å². The third kappa shape index (κ3) is 4.55. The molecule has 1 saturated heterocycles. The second kappa shape index (κ2) is 6.96. The van der Waals surface area contributed by atoms with Crippen LogP contribution in [0.2, 0.25) is 0 Å². The van der Waals surface area contributed by atoms with Crippen molar-refractivity contribution in [2.24, 2.45) is 0 Å². The summed E-state index contributed by atoms with van der Waals surface area (Å²) < 4.78 is 32.0. The molecule has 0 aromatic heterocycles. The summed E-state index contributed by atoms with van der Waals surface area (Å²) in [5.41, 5.74) is 0.696. The Kier molecular flexibility index (Phi) is 5.28. The van der Waals surface area contributed by atoms with Crippen LogP contribution in [-0.4, -0.2) is 25.3 Å². The Morgan fingerprint density at radius 3 is 2.63 bits per heavy atom. The van der Waals surface area contributed by atoms with Crippen molar-refractivity contribution in [1.82, 2.24) is 5.32 Å². The van der Waals surface area contributed by atoms with Crippen LogP contribution in [0, 0.1) is 11.6 Å². The van der Waals surface area contributed by atoms with Gasteiger partial charge in [0.15, 0.2) is 0 Å². The summed E-state index contributed by atoms with van der Waals surface area (Å²) in [5.74, 6) is -1.02. The largest absolute Gasteiger partial charge is 0.378 e. The van der Waals surface area contributed by atoms with Gasteiger partial charge in [-0.15, -0.1) is 0 Å². The smallest absolute Gasteiger partial charge is 0.126 e. The number of rotatable bonds is 6. The van der Waals surface area contributed by atoms with E-state index >= 15 is 0 Å². The fraction of sp³-hybridized carbons (Fsp3) is 0.600. The molecule has 1 aliphatic heterocycles. The molecule has 1 aliphatic rings. The fourth-order valence-electron chi connectivity index (χ4n) is 2.69. The van der Waals surface area contributed by atoms with Gasteiger partial charge in [-0.25, -0.2) is 8.78 Å². The SMILES string of the molecule is CCNC(Cc1cc(F)cc(F)c1)CC1CCCO1. The van der Waals surface area contributed by atoms with E-state index in [-0.39, 0.29) is 12.1 Å². The molecule has 2 rings (SSSR count). The van der Waals surface area contributed by atoms with Crippen LogP contribution in [0.15, 0.2) is 18.2 Å². The maximum atomic E-state index is 13.2. The zero-order chi connectivity index (χ0) is 13.7. The Balaban J connectivity index is 1.98. The predicted octanol–water partition coefficient (Wildman–Crippen LogP) is 3.05. The summed E-state index contributed by atoms with van der Waals surface area (Å²) in [6, 6.07) is 3.92. The maximum absolute atomic E-state index is 13.2. The molecule has 2 unspecified atom stereocenters. The van der Waals surface area contributed by atoms with Crippen molar-refractivity contribution >= 4 is 0 Å². The first-order valence-corrected chi connectivity index (χ1v) is 6.97. The van der Waals surface area contributed by atoms with Gasteiger partial charge in [0.1, 0.15) is 11.6 Å². The van der Waals surface area contributed by atoms with E-state index in [1.807, 2.05) is 6.92 Å². The number of nitrogens with one attached hydrogen (secondary N) is 1. The maximum Gasteiger partial charge on any atom is 0.126 e. The van der Waals surface area contributed by atoms with Crippen LogP contribution in [0.1, 0.15) is 31.7 Å². The monoisotopic (exact) mass is 269 g/mol. The Labute approximate surface area is 113 Å². The first-order chi connectivity index (χ1) is 9.17. The van der Waals surface area contributed by atoms with Crippen LogP contribution in [-0.2, 0) is 11.2 Å². The number of halogens is 2. The van der Waals surface area contributed by atoms with E-state index in [1.165, 1.54) is 12.1 Å². The molecule has 4 heteroatoms. The van der Waals surface area contributed by atoms with Crippen LogP contribution in [0.3, 0.4) is 0 Å². The average Bonchev–Trinajstić information content (AvgIpc) is 2.80. The van der Waals surface area contributed by atoms with Crippen molar-refractivity contribution in [1.29, 1.82) is 0 Å². The van der Waals surface area contributed by atoms with Gasteiger partial charge in [0.05, 0.1) is 6.10 Å². The highest BCUT2D eigenvalue weighted by molar-refractivity contribution is 5.19. The molecule has 0 bridgehead atoms. The van der Waals surface area contributed by atoms with Gasteiger partial charge in [-0.05, 0) is 49.9 Å². The summed E-state index contributed by atoms with van der Waals surface area (Å²) in [6.45, 7) is 3.71. The van der Waals surface area contributed by atoms with Gasteiger partial charge in [0.25, 0.3) is 0 Å². The van der Waals surface area contributed by atoms with Gasteiger partial charge in [-0.3, -0.25) is 0 Å². The van der Waals surface area contributed by atoms with Crippen molar-refractivity contribution in [3.63, 3.8) is 0 Å². The molecule has 0 aliphatic carbocycles. The lowest BCUT2D eigenvalue weighted by Crippen LogP contribution is -2.34. The zero-order valence-corrected chi connectivity index (χ0v) is 11.3. The minimum Gasteiger partial charge on any atom is -0.378 e. The molecule has 106 valence electrons. The van der Waals surface area contributed by atoms with Gasteiger partial charge in [0, 0.05) is 18.7 Å². The Morgan fingerprint density at radius 2 is 2.05 bits per heavy atom. The van der Waals surface area contributed by atoms with Gasteiger partial charge in [-0.1, -0.05) is 6.92 Å². The number of benzene rings is 1. The second-order valence-corrected chi connectivity index (χ2v) is 5.11. The highest BCUT2D eigenvalue weighted by atomic mass is 19.1. The minimum absolute atomic E-state index is 0.203. The van der Waals surface area contributed by atoms with Crippen LogP contribution < -0.4 is 5.32 Å². The van der Waals surface area contributed by atoms with E-state index in [0.29, 0.717) is 12.0 Å². The van der Waals surface area contributed by atoms with Crippen LogP contribution >= 0.6 is 0 Å². The van der Waals surface area contributed by atoms with Gasteiger partial charge in [0.2, 0.25) is 0 Å². The third-order valence-electron chi connectivity index (χ3n) is 3.47. The van der Waals surface area contributed by atoms with E-state index < -0.39 is 11.6 Å². The zero-order valence-electron chi connectivity index (χ0n) is 11.3. The molecule has 2 atom stereocenters. The predicted molar refractivity (Wildman–Crippen MR) is 71.1 cm³/mol. The number of ether oxygens (including phenoxy) is 1. The molecule has 0 radical (unpaired) electrons. The topological polar surface area (TPSA) is 21.3 Å². The van der Waals surface area contributed by atoms with Crippen LogP contribution in [0.5, 0.6) is 0 Å². The average molecular weight is 269 g/mol. The van der Waals surface area contributed by atoms with Gasteiger partial charge >= 0.3 is 0 Å². The summed E-state index contributed by atoms with van der Waals surface area (Å²) >= 11 is 0. The lowest BCUT2D eigenvalue weighted by Gasteiger charge is -2.21. The summed E-state index contributed by atoms with van der Waals surface area (Å²) in [4.78, 5) is 0. The lowest BCUT2D eigenvalue weighted by atomic mass is 9.99. The highest BCUT2D eigenvalue weighted by Crippen LogP contribution is 2.19. The molecule has 19 heavy (non-hydrogen) atoms. The first-order valence-electron chi connectivity index (χ1n) is 6.97. The normalized spacial score (nSPS) is 20.7. The van der Waals surface area contributed by atoms with Crippen molar-refractivity contribution in [3.05, 3.63) is 35.4 Å². The minimum atomic E-state index is -0.512. The first kappa shape index (κ1) is 14.4. The lowest BCUT2D eigenvalue weighted by molar-refractivity contribution is 0.0947.